The number of rotatable bonds is 2. The molecular weight excluding hydrogens is 244 g/mol. The van der Waals surface area contributed by atoms with E-state index in [-0.39, 0.29) is 0 Å². The molecule has 20 heavy (non-hydrogen) atoms. The topological polar surface area (TPSA) is 7.12 Å². The van der Waals surface area contributed by atoms with Crippen LogP contribution in [0.1, 0.15) is 0 Å². The highest BCUT2D eigenvalue weighted by molar-refractivity contribution is 5.77. The highest BCUT2D eigenvalue weighted by Crippen LogP contribution is 2.21. The Labute approximate surface area is 119 Å². The summed E-state index contributed by atoms with van der Waals surface area (Å²) in [5.41, 5.74) is 4.94. The minimum Gasteiger partial charge on any atom is -0.378 e. The lowest BCUT2D eigenvalue weighted by molar-refractivity contribution is -0.633. The third kappa shape index (κ3) is 2.14. The number of para-hydroxylation sites is 1. The predicted molar refractivity (Wildman–Crippen MR) is 84.9 cm³/mol. The predicted octanol–water partition coefficient (Wildman–Crippen LogP) is 3.40. The highest BCUT2D eigenvalue weighted by atomic mass is 15.1. The number of pyridine rings is 1. The zero-order valence-corrected chi connectivity index (χ0v) is 12.2. The van der Waals surface area contributed by atoms with Gasteiger partial charge in [-0.15, -0.1) is 0 Å². The summed E-state index contributed by atoms with van der Waals surface area (Å²) in [5.74, 6) is 0. The normalized spacial score (nSPS) is 10.8. The molecule has 2 heteroatoms. The lowest BCUT2D eigenvalue weighted by atomic mass is 10.1. The Hall–Kier alpha value is -2.35. The number of aryl methyl sites for hydroxylation is 1. The van der Waals surface area contributed by atoms with E-state index in [1.165, 1.54) is 27.8 Å². The van der Waals surface area contributed by atoms with Gasteiger partial charge >= 0.3 is 0 Å². The molecule has 0 radical (unpaired) electrons. The zero-order valence-electron chi connectivity index (χ0n) is 12.2. The fourth-order valence-corrected chi connectivity index (χ4v) is 2.56. The molecular formula is C18H19N2+. The molecule has 0 aliphatic heterocycles. The molecule has 3 aromatic rings. The fraction of sp³-hybridized carbons (Fsp3) is 0.167. The summed E-state index contributed by atoms with van der Waals surface area (Å²) in [5, 5.41) is 1.27. The summed E-state index contributed by atoms with van der Waals surface area (Å²) >= 11 is 0. The van der Waals surface area contributed by atoms with Crippen LogP contribution in [0, 0.1) is 0 Å². The molecule has 0 aliphatic carbocycles. The van der Waals surface area contributed by atoms with Crippen LogP contribution in [0.5, 0.6) is 0 Å². The number of aromatic nitrogens is 1. The van der Waals surface area contributed by atoms with Crippen molar-refractivity contribution in [3.63, 3.8) is 0 Å². The van der Waals surface area contributed by atoms with Gasteiger partial charge in [-0.05, 0) is 36.4 Å². The number of hydrogen-bond donors (Lipinski definition) is 0. The molecule has 0 N–H and O–H groups in total. The lowest BCUT2D eigenvalue weighted by Crippen LogP contribution is -2.31. The molecule has 2 aromatic carbocycles. The second-order valence-electron chi connectivity index (χ2n) is 5.28. The van der Waals surface area contributed by atoms with Crippen molar-refractivity contribution in [3.8, 4) is 11.3 Å². The summed E-state index contributed by atoms with van der Waals surface area (Å²) in [6, 6.07) is 21.5. The van der Waals surface area contributed by atoms with Crippen LogP contribution in [0.3, 0.4) is 0 Å². The summed E-state index contributed by atoms with van der Waals surface area (Å²) in [6.45, 7) is 0. The van der Waals surface area contributed by atoms with Crippen LogP contribution < -0.4 is 9.47 Å². The Morgan fingerprint density at radius 1 is 0.800 bits per heavy atom. The van der Waals surface area contributed by atoms with Crippen molar-refractivity contribution in [2.75, 3.05) is 19.0 Å². The molecule has 1 aromatic heterocycles. The van der Waals surface area contributed by atoms with Crippen molar-refractivity contribution in [3.05, 3.63) is 60.7 Å². The SMILES string of the molecule is CN(C)c1ccc(-c2ccc3ccccc3[n+]2C)cc1. The van der Waals surface area contributed by atoms with Gasteiger partial charge in [0.1, 0.15) is 7.05 Å². The van der Waals surface area contributed by atoms with Gasteiger partial charge in [0.05, 0.1) is 0 Å². The van der Waals surface area contributed by atoms with E-state index in [9.17, 15) is 0 Å². The van der Waals surface area contributed by atoms with Crippen molar-refractivity contribution in [1.82, 2.24) is 0 Å². The van der Waals surface area contributed by atoms with Crippen molar-refractivity contribution in [1.29, 1.82) is 0 Å². The summed E-state index contributed by atoms with van der Waals surface area (Å²) in [7, 11) is 6.24. The van der Waals surface area contributed by atoms with Crippen molar-refractivity contribution >= 4 is 16.6 Å². The van der Waals surface area contributed by atoms with Crippen LogP contribution in [-0.2, 0) is 7.05 Å². The molecule has 1 heterocycles. The van der Waals surface area contributed by atoms with E-state index in [2.05, 4.69) is 91.3 Å². The average molecular weight is 263 g/mol. The first-order valence-electron chi connectivity index (χ1n) is 6.82. The van der Waals surface area contributed by atoms with E-state index >= 15 is 0 Å². The molecule has 0 bridgehead atoms. The zero-order chi connectivity index (χ0) is 14.1. The third-order valence-corrected chi connectivity index (χ3v) is 3.76. The molecule has 3 rings (SSSR count). The molecule has 0 spiro atoms. The molecule has 100 valence electrons. The highest BCUT2D eigenvalue weighted by Gasteiger charge is 2.13. The quantitative estimate of drug-likeness (QED) is 0.643. The van der Waals surface area contributed by atoms with E-state index in [1.807, 2.05) is 0 Å². The van der Waals surface area contributed by atoms with Crippen LogP contribution in [0.25, 0.3) is 22.2 Å². The largest absolute Gasteiger partial charge is 0.378 e. The van der Waals surface area contributed by atoms with Crippen LogP contribution in [0.4, 0.5) is 5.69 Å². The van der Waals surface area contributed by atoms with Gasteiger partial charge in [-0.2, -0.15) is 4.57 Å². The van der Waals surface area contributed by atoms with E-state index in [0.717, 1.165) is 0 Å². The maximum absolute atomic E-state index is 2.25. The summed E-state index contributed by atoms with van der Waals surface area (Å²) in [6.07, 6.45) is 0. The Morgan fingerprint density at radius 3 is 2.20 bits per heavy atom. The molecule has 0 saturated heterocycles. The van der Waals surface area contributed by atoms with Crippen molar-refractivity contribution in [2.45, 2.75) is 0 Å². The van der Waals surface area contributed by atoms with E-state index < -0.39 is 0 Å². The van der Waals surface area contributed by atoms with Crippen LogP contribution in [-0.4, -0.2) is 14.1 Å². The van der Waals surface area contributed by atoms with Gasteiger partial charge in [-0.3, -0.25) is 0 Å². The maximum Gasteiger partial charge on any atom is 0.212 e. The van der Waals surface area contributed by atoms with E-state index in [4.69, 9.17) is 0 Å². The van der Waals surface area contributed by atoms with Crippen molar-refractivity contribution < 1.29 is 4.57 Å². The third-order valence-electron chi connectivity index (χ3n) is 3.76. The first kappa shape index (κ1) is 12.7. The van der Waals surface area contributed by atoms with Gasteiger partial charge in [-0.1, -0.05) is 12.1 Å². The summed E-state index contributed by atoms with van der Waals surface area (Å²) < 4.78 is 2.25. The van der Waals surface area contributed by atoms with Crippen LogP contribution >= 0.6 is 0 Å². The van der Waals surface area contributed by atoms with Gasteiger partial charge < -0.3 is 4.90 Å². The van der Waals surface area contributed by atoms with Gasteiger partial charge in [0.15, 0.2) is 0 Å². The fourth-order valence-electron chi connectivity index (χ4n) is 2.56. The van der Waals surface area contributed by atoms with Gasteiger partial charge in [0.2, 0.25) is 11.2 Å². The number of anilines is 1. The Kier molecular flexibility index (Phi) is 3.15. The first-order chi connectivity index (χ1) is 9.66. The van der Waals surface area contributed by atoms with E-state index in [1.54, 1.807) is 0 Å². The maximum atomic E-state index is 2.25. The Balaban J connectivity index is 2.12. The standard InChI is InChI=1S/C18H19N2/c1-19(2)16-11-8-15(9-12-16)18-13-10-14-6-4-5-7-17(14)20(18)3/h4-13H,1-3H3/q+1. The minimum atomic E-state index is 1.22. The van der Waals surface area contributed by atoms with Crippen LogP contribution in [0.15, 0.2) is 60.7 Å². The number of nitrogens with zero attached hydrogens (tertiary/aromatic N) is 2. The van der Waals surface area contributed by atoms with Crippen LogP contribution in [0.2, 0.25) is 0 Å². The lowest BCUT2D eigenvalue weighted by Gasteiger charge is -2.12. The second-order valence-corrected chi connectivity index (χ2v) is 5.28. The average Bonchev–Trinajstić information content (AvgIpc) is 2.48. The summed E-state index contributed by atoms with van der Waals surface area (Å²) in [4.78, 5) is 2.12. The molecule has 2 nitrogen and oxygen atoms in total. The Morgan fingerprint density at radius 2 is 1.50 bits per heavy atom. The molecule has 0 amide bonds. The smallest absolute Gasteiger partial charge is 0.212 e. The molecule has 0 unspecified atom stereocenters. The number of fused-ring (bicyclic) bond motifs is 1. The number of hydrogen-bond acceptors (Lipinski definition) is 1. The van der Waals surface area contributed by atoms with Gasteiger partial charge in [0.25, 0.3) is 0 Å². The molecule has 0 atom stereocenters. The van der Waals surface area contributed by atoms with E-state index in [0.29, 0.717) is 0 Å². The van der Waals surface area contributed by atoms with Crippen molar-refractivity contribution in [2.24, 2.45) is 7.05 Å². The molecule has 0 saturated carbocycles. The van der Waals surface area contributed by atoms with Gasteiger partial charge in [0, 0.05) is 42.9 Å². The van der Waals surface area contributed by atoms with Gasteiger partial charge in [-0.25, -0.2) is 0 Å². The second kappa shape index (κ2) is 4.97. The minimum absolute atomic E-state index is 1.22. The molecule has 0 aliphatic rings. The Bertz CT molecular complexity index is 743. The number of benzene rings is 2. The monoisotopic (exact) mass is 263 g/mol. The first-order valence-corrected chi connectivity index (χ1v) is 6.82. The molecule has 0 fully saturated rings.